The number of hydrogen-bond donors (Lipinski definition) is 3. The molecule has 0 aliphatic carbocycles. The molecule has 0 saturated heterocycles. The van der Waals surface area contributed by atoms with Gasteiger partial charge in [0.2, 0.25) is 5.91 Å². The number of methoxy groups -OCH3 is 1. The molecule has 192 valence electrons. The van der Waals surface area contributed by atoms with Crippen molar-refractivity contribution in [2.45, 2.75) is 11.8 Å². The molecule has 4 aromatic rings. The smallest absolute Gasteiger partial charge is 0.263 e. The van der Waals surface area contributed by atoms with Gasteiger partial charge in [-0.2, -0.15) is 0 Å². The number of rotatable bonds is 9. The van der Waals surface area contributed by atoms with Gasteiger partial charge >= 0.3 is 0 Å². The summed E-state index contributed by atoms with van der Waals surface area (Å²) < 4.78 is 35.0. The number of nitrogens with two attached hydrogens (primary N) is 1. The maximum Gasteiger partial charge on any atom is 0.263 e. The Bertz CT molecular complexity index is 1600. The molecule has 0 atom stereocenters. The lowest BCUT2D eigenvalue weighted by atomic mass is 10.2. The predicted octanol–water partition coefficient (Wildman–Crippen LogP) is 4.07. The van der Waals surface area contributed by atoms with Gasteiger partial charge in [-0.3, -0.25) is 9.52 Å². The number of sulfonamides is 1. The van der Waals surface area contributed by atoms with E-state index < -0.39 is 15.9 Å². The molecular weight excluding hydrogens is 516 g/mol. The molecule has 0 radical (unpaired) electrons. The maximum atomic E-state index is 13.6. The lowest BCUT2D eigenvalue weighted by molar-refractivity contribution is -0.116. The van der Waals surface area contributed by atoms with Crippen LogP contribution < -0.4 is 25.4 Å². The van der Waals surface area contributed by atoms with E-state index >= 15 is 0 Å². The number of hydrogen-bond acceptors (Lipinski definition) is 8. The van der Waals surface area contributed by atoms with Crippen molar-refractivity contribution < 1.29 is 17.9 Å². The van der Waals surface area contributed by atoms with Crippen LogP contribution in [0, 0.1) is 6.92 Å². The summed E-state index contributed by atoms with van der Waals surface area (Å²) >= 11 is 6.36. The minimum atomic E-state index is -4.13. The number of aromatic nitrogens is 2. The van der Waals surface area contributed by atoms with Crippen molar-refractivity contribution in [3.05, 3.63) is 71.2 Å². The zero-order valence-corrected chi connectivity index (χ0v) is 21.9. The summed E-state index contributed by atoms with van der Waals surface area (Å²) in [5.74, 6) is 0.143. The molecule has 0 spiro atoms. The van der Waals surface area contributed by atoms with Crippen molar-refractivity contribution in [2.75, 3.05) is 35.6 Å². The van der Waals surface area contributed by atoms with E-state index in [0.717, 1.165) is 0 Å². The van der Waals surface area contributed by atoms with Crippen molar-refractivity contribution in [2.24, 2.45) is 5.73 Å². The topological polar surface area (TPSA) is 140 Å². The highest BCUT2D eigenvalue weighted by atomic mass is 35.5. The van der Waals surface area contributed by atoms with Crippen LogP contribution in [0.5, 0.6) is 5.75 Å². The number of amides is 1. The minimum Gasteiger partial charge on any atom is -0.497 e. The molecule has 3 aromatic carbocycles. The van der Waals surface area contributed by atoms with Crippen LogP contribution in [-0.4, -0.2) is 45.0 Å². The molecule has 0 fully saturated rings. The van der Waals surface area contributed by atoms with E-state index in [1.807, 2.05) is 0 Å². The molecule has 1 aromatic heterocycles. The van der Waals surface area contributed by atoms with E-state index in [2.05, 4.69) is 20.0 Å². The summed E-state index contributed by atoms with van der Waals surface area (Å²) in [6.07, 6.45) is 0. The van der Waals surface area contributed by atoms with Gasteiger partial charge in [0.05, 0.1) is 40.3 Å². The third-order valence-corrected chi connectivity index (χ3v) is 7.33. The number of aryl methyl sites for hydroxylation is 1. The summed E-state index contributed by atoms with van der Waals surface area (Å²) in [6, 6.07) is 16.9. The van der Waals surface area contributed by atoms with Crippen LogP contribution in [0.25, 0.3) is 11.0 Å². The highest BCUT2D eigenvalue weighted by Gasteiger charge is 2.22. The molecule has 4 N–H and O–H groups in total. The van der Waals surface area contributed by atoms with Gasteiger partial charge in [-0.05, 0) is 48.9 Å². The lowest BCUT2D eigenvalue weighted by Crippen LogP contribution is -2.30. The standard InChI is InChI=1S/C25H25ClN6O4S/c1-15-8-9-16(32(2)14-23(27)33)12-22(15)37(34,35)31-25-24(28-19-6-4-5-7-20(19)29-25)30-21-13-17(36-3)10-11-18(21)26/h4-13H,14H2,1-3H3,(H2,27,33)(H,28,30)(H,29,31). The van der Waals surface area contributed by atoms with Crippen LogP contribution >= 0.6 is 11.6 Å². The zero-order valence-electron chi connectivity index (χ0n) is 20.3. The molecule has 1 heterocycles. The largest absolute Gasteiger partial charge is 0.497 e. The SMILES string of the molecule is COc1ccc(Cl)c(Nc2nc3ccccc3nc2NS(=O)(=O)c2cc(N(C)CC(N)=O)ccc2C)c1. The van der Waals surface area contributed by atoms with Gasteiger partial charge in [0.15, 0.2) is 11.6 Å². The molecule has 0 aliphatic heterocycles. The van der Waals surface area contributed by atoms with E-state index in [4.69, 9.17) is 22.1 Å². The Labute approximate surface area is 219 Å². The Morgan fingerprint density at radius 3 is 2.38 bits per heavy atom. The van der Waals surface area contributed by atoms with Crippen LogP contribution in [0.2, 0.25) is 5.02 Å². The Kier molecular flexibility index (Phi) is 7.37. The summed E-state index contributed by atoms with van der Waals surface area (Å²) in [7, 11) is -0.954. The fourth-order valence-electron chi connectivity index (χ4n) is 3.64. The number of fused-ring (bicyclic) bond motifs is 1. The number of nitrogens with one attached hydrogen (secondary N) is 2. The highest BCUT2D eigenvalue weighted by molar-refractivity contribution is 7.92. The lowest BCUT2D eigenvalue weighted by Gasteiger charge is -2.20. The van der Waals surface area contributed by atoms with Gasteiger partial charge in [-0.25, -0.2) is 18.4 Å². The minimum absolute atomic E-state index is 0.0154. The second-order valence-corrected chi connectivity index (χ2v) is 10.3. The number of carbonyl (C=O) groups is 1. The summed E-state index contributed by atoms with van der Waals surface area (Å²) in [6.45, 7) is 1.61. The van der Waals surface area contributed by atoms with Crippen LogP contribution in [0.1, 0.15) is 5.56 Å². The predicted molar refractivity (Wildman–Crippen MR) is 145 cm³/mol. The van der Waals surface area contributed by atoms with Crippen molar-refractivity contribution in [3.63, 3.8) is 0 Å². The molecule has 0 aliphatic rings. The molecular formula is C25H25ClN6O4S. The molecule has 0 unspecified atom stereocenters. The fourth-order valence-corrected chi connectivity index (χ4v) is 5.08. The number of ether oxygens (including phenoxy) is 1. The molecule has 37 heavy (non-hydrogen) atoms. The van der Waals surface area contributed by atoms with Crippen molar-refractivity contribution in [3.8, 4) is 5.75 Å². The number of anilines is 4. The third-order valence-electron chi connectivity index (χ3n) is 5.52. The second kappa shape index (κ2) is 10.5. The van der Waals surface area contributed by atoms with Gasteiger partial charge in [-0.15, -0.1) is 0 Å². The monoisotopic (exact) mass is 540 g/mol. The Balaban J connectivity index is 1.78. The summed E-state index contributed by atoms with van der Waals surface area (Å²) in [5, 5.41) is 3.46. The van der Waals surface area contributed by atoms with E-state index in [1.165, 1.54) is 13.2 Å². The normalized spacial score (nSPS) is 11.2. The Morgan fingerprint density at radius 2 is 1.73 bits per heavy atom. The average molecular weight is 541 g/mol. The number of carbonyl (C=O) groups excluding carboxylic acids is 1. The highest BCUT2D eigenvalue weighted by Crippen LogP contribution is 2.33. The first-order valence-corrected chi connectivity index (χ1v) is 12.9. The van der Waals surface area contributed by atoms with E-state index in [1.54, 1.807) is 73.5 Å². The number of primary amides is 1. The zero-order chi connectivity index (χ0) is 26.7. The van der Waals surface area contributed by atoms with Gasteiger partial charge in [0, 0.05) is 18.8 Å². The molecule has 1 amide bonds. The van der Waals surface area contributed by atoms with E-state index in [0.29, 0.717) is 38.7 Å². The van der Waals surface area contributed by atoms with E-state index in [9.17, 15) is 13.2 Å². The van der Waals surface area contributed by atoms with E-state index in [-0.39, 0.29) is 23.1 Å². The van der Waals surface area contributed by atoms with Crippen LogP contribution in [0.4, 0.5) is 23.0 Å². The third kappa shape index (κ3) is 5.84. The van der Waals surface area contributed by atoms with Crippen LogP contribution in [0.15, 0.2) is 65.6 Å². The number of nitrogens with zero attached hydrogens (tertiary/aromatic N) is 3. The molecule has 10 nitrogen and oxygen atoms in total. The summed E-state index contributed by atoms with van der Waals surface area (Å²) in [5.41, 5.74) is 7.81. The first kappa shape index (κ1) is 26.0. The Morgan fingerprint density at radius 1 is 1.05 bits per heavy atom. The molecule has 0 bridgehead atoms. The quantitative estimate of drug-likeness (QED) is 0.289. The number of para-hydroxylation sites is 2. The average Bonchev–Trinajstić information content (AvgIpc) is 2.85. The van der Waals surface area contributed by atoms with Crippen molar-refractivity contribution in [1.82, 2.24) is 9.97 Å². The van der Waals surface area contributed by atoms with Gasteiger partial charge < -0.3 is 20.7 Å². The maximum absolute atomic E-state index is 13.6. The number of likely N-dealkylation sites (N-methyl/N-ethyl adjacent to an activating group) is 1. The first-order chi connectivity index (χ1) is 17.6. The number of benzene rings is 3. The number of halogens is 1. The van der Waals surface area contributed by atoms with Crippen LogP contribution in [-0.2, 0) is 14.8 Å². The first-order valence-electron chi connectivity index (χ1n) is 11.1. The van der Waals surface area contributed by atoms with Gasteiger partial charge in [-0.1, -0.05) is 29.8 Å². The molecule has 4 rings (SSSR count). The molecule has 12 heteroatoms. The van der Waals surface area contributed by atoms with Crippen molar-refractivity contribution in [1.29, 1.82) is 0 Å². The van der Waals surface area contributed by atoms with Crippen molar-refractivity contribution >= 4 is 61.6 Å². The fraction of sp³-hybridized carbons (Fsp3) is 0.160. The summed E-state index contributed by atoms with van der Waals surface area (Å²) in [4.78, 5) is 22.0. The van der Waals surface area contributed by atoms with Crippen LogP contribution in [0.3, 0.4) is 0 Å². The van der Waals surface area contributed by atoms with Gasteiger partial charge in [0.25, 0.3) is 10.0 Å². The second-order valence-electron chi connectivity index (χ2n) is 8.26. The van der Waals surface area contributed by atoms with Gasteiger partial charge in [0.1, 0.15) is 5.75 Å². The molecule has 0 saturated carbocycles. The Hall–Kier alpha value is -4.09.